The van der Waals surface area contributed by atoms with Crippen LogP contribution in [0.2, 0.25) is 0 Å². The van der Waals surface area contributed by atoms with Crippen LogP contribution >= 0.6 is 0 Å². The SMILES string of the molecule is COc1ccc(CCNC(=O)c2cccc(S(C)(=O)=O)c2)cc1OC. The van der Waals surface area contributed by atoms with Gasteiger partial charge in [-0.05, 0) is 42.3 Å². The van der Waals surface area contributed by atoms with Crippen LogP contribution in [0.25, 0.3) is 0 Å². The first-order valence-corrected chi connectivity index (χ1v) is 9.53. The van der Waals surface area contributed by atoms with E-state index < -0.39 is 9.84 Å². The zero-order valence-corrected chi connectivity index (χ0v) is 15.2. The minimum atomic E-state index is -3.34. The number of sulfone groups is 1. The molecule has 0 atom stereocenters. The van der Waals surface area contributed by atoms with Crippen molar-refractivity contribution in [3.63, 3.8) is 0 Å². The molecule has 25 heavy (non-hydrogen) atoms. The number of methoxy groups -OCH3 is 2. The molecular weight excluding hydrogens is 342 g/mol. The third kappa shape index (κ3) is 4.96. The van der Waals surface area contributed by atoms with Crippen molar-refractivity contribution in [1.29, 1.82) is 0 Å². The number of hydrogen-bond acceptors (Lipinski definition) is 5. The summed E-state index contributed by atoms with van der Waals surface area (Å²) in [5.74, 6) is 0.964. The first kappa shape index (κ1) is 18.8. The number of rotatable bonds is 7. The lowest BCUT2D eigenvalue weighted by Gasteiger charge is -2.10. The molecule has 0 aliphatic carbocycles. The molecule has 1 N–H and O–H groups in total. The van der Waals surface area contributed by atoms with Crippen LogP contribution in [-0.2, 0) is 16.3 Å². The Hall–Kier alpha value is -2.54. The summed E-state index contributed by atoms with van der Waals surface area (Å²) in [6.07, 6.45) is 1.72. The van der Waals surface area contributed by atoms with Gasteiger partial charge in [-0.25, -0.2) is 8.42 Å². The Bertz CT molecular complexity index is 862. The summed E-state index contributed by atoms with van der Waals surface area (Å²) in [6, 6.07) is 11.6. The minimum Gasteiger partial charge on any atom is -0.493 e. The Balaban J connectivity index is 1.99. The summed E-state index contributed by atoms with van der Waals surface area (Å²) in [7, 11) is -0.203. The second-order valence-corrected chi connectivity index (χ2v) is 7.51. The number of carbonyl (C=O) groups excluding carboxylic acids is 1. The molecule has 6 nitrogen and oxygen atoms in total. The highest BCUT2D eigenvalue weighted by Crippen LogP contribution is 2.27. The lowest BCUT2D eigenvalue weighted by atomic mass is 10.1. The fraction of sp³-hybridized carbons (Fsp3) is 0.278. The molecule has 0 saturated carbocycles. The normalized spacial score (nSPS) is 11.0. The highest BCUT2D eigenvalue weighted by atomic mass is 32.2. The minimum absolute atomic E-state index is 0.125. The first-order chi connectivity index (χ1) is 11.8. The molecule has 134 valence electrons. The van der Waals surface area contributed by atoms with Crippen molar-refractivity contribution < 1.29 is 22.7 Å². The Kier molecular flexibility index (Phi) is 6.03. The number of ether oxygens (including phenoxy) is 2. The lowest BCUT2D eigenvalue weighted by molar-refractivity contribution is 0.0954. The van der Waals surface area contributed by atoms with Crippen LogP contribution in [0.15, 0.2) is 47.4 Å². The molecule has 0 radical (unpaired) electrons. The zero-order valence-electron chi connectivity index (χ0n) is 14.4. The maximum atomic E-state index is 12.2. The van der Waals surface area contributed by atoms with Gasteiger partial charge in [0.15, 0.2) is 21.3 Å². The third-order valence-electron chi connectivity index (χ3n) is 3.67. The van der Waals surface area contributed by atoms with Gasteiger partial charge < -0.3 is 14.8 Å². The largest absolute Gasteiger partial charge is 0.493 e. The molecule has 0 saturated heterocycles. The number of amides is 1. The van der Waals surface area contributed by atoms with Gasteiger partial charge in [-0.1, -0.05) is 12.1 Å². The molecule has 0 aromatic heterocycles. The van der Waals surface area contributed by atoms with Gasteiger partial charge in [0.2, 0.25) is 0 Å². The number of nitrogens with one attached hydrogen (secondary N) is 1. The first-order valence-electron chi connectivity index (χ1n) is 7.64. The van der Waals surface area contributed by atoms with Crippen LogP contribution in [0, 0.1) is 0 Å². The fourth-order valence-electron chi connectivity index (χ4n) is 2.33. The Labute approximate surface area is 147 Å². The van der Waals surface area contributed by atoms with Gasteiger partial charge in [0.25, 0.3) is 5.91 Å². The van der Waals surface area contributed by atoms with Gasteiger partial charge in [0.05, 0.1) is 19.1 Å². The quantitative estimate of drug-likeness (QED) is 0.814. The molecule has 0 aliphatic heterocycles. The molecule has 0 fully saturated rings. The molecule has 2 aromatic carbocycles. The van der Waals surface area contributed by atoms with Gasteiger partial charge in [0.1, 0.15) is 0 Å². The number of hydrogen-bond donors (Lipinski definition) is 1. The Morgan fingerprint density at radius 1 is 1.04 bits per heavy atom. The van der Waals surface area contributed by atoms with Gasteiger partial charge in [-0.3, -0.25) is 4.79 Å². The van der Waals surface area contributed by atoms with E-state index in [2.05, 4.69) is 5.32 Å². The Morgan fingerprint density at radius 3 is 2.40 bits per heavy atom. The average molecular weight is 363 g/mol. The predicted octanol–water partition coefficient (Wildman–Crippen LogP) is 2.08. The zero-order chi connectivity index (χ0) is 18.4. The molecule has 2 rings (SSSR count). The summed E-state index contributed by atoms with van der Waals surface area (Å²) in [5.41, 5.74) is 1.30. The second-order valence-electron chi connectivity index (χ2n) is 5.50. The van der Waals surface area contributed by atoms with Crippen molar-refractivity contribution in [2.24, 2.45) is 0 Å². The molecular formula is C18H21NO5S. The molecule has 2 aromatic rings. The van der Waals surface area contributed by atoms with Crippen LogP contribution in [-0.4, -0.2) is 41.3 Å². The van der Waals surface area contributed by atoms with E-state index in [4.69, 9.17) is 9.47 Å². The van der Waals surface area contributed by atoms with E-state index in [-0.39, 0.29) is 10.8 Å². The van der Waals surface area contributed by atoms with E-state index in [0.717, 1.165) is 11.8 Å². The third-order valence-corrected chi connectivity index (χ3v) is 4.78. The van der Waals surface area contributed by atoms with Crippen LogP contribution in [0.1, 0.15) is 15.9 Å². The second kappa shape index (κ2) is 8.02. The van der Waals surface area contributed by atoms with E-state index in [1.165, 1.54) is 12.1 Å². The summed E-state index contributed by atoms with van der Waals surface area (Å²) >= 11 is 0. The standard InChI is InChI=1S/C18H21NO5S/c1-23-16-8-7-13(11-17(16)24-2)9-10-19-18(20)14-5-4-6-15(12-14)25(3,21)22/h4-8,11-12H,9-10H2,1-3H3,(H,19,20). The molecule has 0 unspecified atom stereocenters. The molecule has 0 bridgehead atoms. The van der Waals surface area contributed by atoms with E-state index in [1.54, 1.807) is 26.4 Å². The van der Waals surface area contributed by atoms with Crippen molar-refractivity contribution in [1.82, 2.24) is 5.32 Å². The van der Waals surface area contributed by atoms with Crippen LogP contribution in [0.4, 0.5) is 0 Å². The summed E-state index contributed by atoms with van der Waals surface area (Å²) in [6.45, 7) is 0.414. The van der Waals surface area contributed by atoms with E-state index in [9.17, 15) is 13.2 Å². The van der Waals surface area contributed by atoms with Crippen molar-refractivity contribution >= 4 is 15.7 Å². The van der Waals surface area contributed by atoms with E-state index >= 15 is 0 Å². The molecule has 0 heterocycles. The summed E-state index contributed by atoms with van der Waals surface area (Å²) < 4.78 is 33.6. The molecule has 0 aliphatic rings. The fourth-order valence-corrected chi connectivity index (χ4v) is 2.99. The van der Waals surface area contributed by atoms with Crippen molar-refractivity contribution in [2.75, 3.05) is 27.0 Å². The smallest absolute Gasteiger partial charge is 0.251 e. The van der Waals surface area contributed by atoms with Crippen LogP contribution in [0.5, 0.6) is 11.5 Å². The molecule has 0 spiro atoms. The summed E-state index contributed by atoms with van der Waals surface area (Å²) in [4.78, 5) is 12.3. The monoisotopic (exact) mass is 363 g/mol. The maximum absolute atomic E-state index is 12.2. The van der Waals surface area contributed by atoms with Crippen molar-refractivity contribution in [2.45, 2.75) is 11.3 Å². The average Bonchev–Trinajstić information content (AvgIpc) is 2.60. The van der Waals surface area contributed by atoms with Gasteiger partial charge >= 0.3 is 0 Å². The number of carbonyl (C=O) groups is 1. The maximum Gasteiger partial charge on any atom is 0.251 e. The topological polar surface area (TPSA) is 81.7 Å². The van der Waals surface area contributed by atoms with Crippen molar-refractivity contribution in [3.8, 4) is 11.5 Å². The number of benzene rings is 2. The predicted molar refractivity (Wildman–Crippen MR) is 95.1 cm³/mol. The molecule has 7 heteroatoms. The lowest BCUT2D eigenvalue weighted by Crippen LogP contribution is -2.25. The van der Waals surface area contributed by atoms with Gasteiger partial charge in [0, 0.05) is 18.4 Å². The van der Waals surface area contributed by atoms with E-state index in [0.29, 0.717) is 30.0 Å². The van der Waals surface area contributed by atoms with Crippen LogP contribution < -0.4 is 14.8 Å². The summed E-state index contributed by atoms with van der Waals surface area (Å²) in [5, 5.41) is 2.79. The highest BCUT2D eigenvalue weighted by Gasteiger charge is 2.11. The van der Waals surface area contributed by atoms with Crippen LogP contribution in [0.3, 0.4) is 0 Å². The van der Waals surface area contributed by atoms with Crippen molar-refractivity contribution in [3.05, 3.63) is 53.6 Å². The van der Waals surface area contributed by atoms with Gasteiger partial charge in [-0.2, -0.15) is 0 Å². The molecule has 1 amide bonds. The van der Waals surface area contributed by atoms with Gasteiger partial charge in [-0.15, -0.1) is 0 Å². The Morgan fingerprint density at radius 2 is 1.76 bits per heavy atom. The van der Waals surface area contributed by atoms with E-state index in [1.807, 2.05) is 18.2 Å². The highest BCUT2D eigenvalue weighted by molar-refractivity contribution is 7.90.